The van der Waals surface area contributed by atoms with Gasteiger partial charge in [0.2, 0.25) is 10.0 Å². The lowest BCUT2D eigenvalue weighted by atomic mass is 10.1. The lowest BCUT2D eigenvalue weighted by Gasteiger charge is -2.26. The van der Waals surface area contributed by atoms with Crippen molar-refractivity contribution in [3.63, 3.8) is 0 Å². The molecule has 1 amide bonds. The highest BCUT2D eigenvalue weighted by Crippen LogP contribution is 2.17. The molecule has 2 aromatic carbocycles. The largest absolute Gasteiger partial charge is 0.379 e. The molecule has 2 heterocycles. The number of sulfonamides is 1. The van der Waals surface area contributed by atoms with Crippen molar-refractivity contribution in [2.45, 2.75) is 12.3 Å². The van der Waals surface area contributed by atoms with Crippen LogP contribution in [0.3, 0.4) is 0 Å². The van der Waals surface area contributed by atoms with Crippen molar-refractivity contribution in [1.29, 1.82) is 0 Å². The van der Waals surface area contributed by atoms with Gasteiger partial charge in [0.15, 0.2) is 0 Å². The first-order valence-electron chi connectivity index (χ1n) is 9.97. The number of H-pyrrole nitrogens is 1. The van der Waals surface area contributed by atoms with E-state index in [-0.39, 0.29) is 17.9 Å². The van der Waals surface area contributed by atoms with Gasteiger partial charge in [0.25, 0.3) is 11.5 Å². The second-order valence-electron chi connectivity index (χ2n) is 7.32. The number of aromatic amines is 1. The Bertz CT molecular complexity index is 1260. The molecule has 31 heavy (non-hydrogen) atoms. The smallest absolute Gasteiger partial charge is 0.261 e. The van der Waals surface area contributed by atoms with Gasteiger partial charge in [0.1, 0.15) is 5.56 Å². The van der Waals surface area contributed by atoms with Crippen LogP contribution < -0.4 is 10.9 Å². The molecule has 2 N–H and O–H groups in total. The number of para-hydroxylation sites is 1. The Morgan fingerprint density at radius 1 is 1.03 bits per heavy atom. The van der Waals surface area contributed by atoms with Gasteiger partial charge >= 0.3 is 0 Å². The Labute approximate surface area is 179 Å². The fraction of sp³-hybridized carbons (Fsp3) is 0.273. The van der Waals surface area contributed by atoms with Gasteiger partial charge in [-0.1, -0.05) is 42.5 Å². The van der Waals surface area contributed by atoms with Gasteiger partial charge in [0, 0.05) is 25.2 Å². The number of pyridine rings is 1. The van der Waals surface area contributed by atoms with Crippen LogP contribution in [0.5, 0.6) is 0 Å². The van der Waals surface area contributed by atoms with E-state index >= 15 is 0 Å². The van der Waals surface area contributed by atoms with Crippen molar-refractivity contribution in [3.05, 3.63) is 81.6 Å². The minimum absolute atomic E-state index is 0.0112. The SMILES string of the molecule is O=C(NCc1ccccc1CS(=O)(=O)N1CCOCC1)c1cc2ccccc2[nH]c1=O. The Hall–Kier alpha value is -3.01. The molecular weight excluding hydrogens is 418 g/mol. The lowest BCUT2D eigenvalue weighted by molar-refractivity contribution is 0.0729. The minimum atomic E-state index is -3.50. The summed E-state index contributed by atoms with van der Waals surface area (Å²) in [4.78, 5) is 27.7. The zero-order chi connectivity index (χ0) is 21.8. The highest BCUT2D eigenvalue weighted by atomic mass is 32.2. The van der Waals surface area contributed by atoms with Crippen molar-refractivity contribution in [3.8, 4) is 0 Å². The standard InChI is InChI=1S/C22H23N3O5S/c26-21(19-13-16-5-3-4-8-20(16)24-22(19)27)23-14-17-6-1-2-7-18(17)15-31(28,29)25-9-11-30-12-10-25/h1-8,13H,9-12,14-15H2,(H,23,26)(H,24,27). The zero-order valence-electron chi connectivity index (χ0n) is 16.8. The molecule has 0 bridgehead atoms. The second-order valence-corrected chi connectivity index (χ2v) is 9.29. The van der Waals surface area contributed by atoms with E-state index in [9.17, 15) is 18.0 Å². The van der Waals surface area contributed by atoms with Gasteiger partial charge in [-0.25, -0.2) is 8.42 Å². The van der Waals surface area contributed by atoms with E-state index in [4.69, 9.17) is 4.74 Å². The van der Waals surface area contributed by atoms with E-state index in [0.29, 0.717) is 42.9 Å². The number of rotatable bonds is 6. The number of carbonyl (C=O) groups excluding carboxylic acids is 1. The molecule has 0 atom stereocenters. The topological polar surface area (TPSA) is 109 Å². The first-order chi connectivity index (χ1) is 14.9. The molecule has 3 aromatic rings. The third-order valence-electron chi connectivity index (χ3n) is 5.26. The van der Waals surface area contributed by atoms with E-state index in [2.05, 4.69) is 10.3 Å². The minimum Gasteiger partial charge on any atom is -0.379 e. The highest BCUT2D eigenvalue weighted by molar-refractivity contribution is 7.88. The molecule has 0 unspecified atom stereocenters. The van der Waals surface area contributed by atoms with Crippen LogP contribution in [0.2, 0.25) is 0 Å². The molecule has 1 saturated heterocycles. The molecule has 1 aromatic heterocycles. The van der Waals surface area contributed by atoms with Crippen LogP contribution in [0.25, 0.3) is 10.9 Å². The summed E-state index contributed by atoms with van der Waals surface area (Å²) in [6.07, 6.45) is 0. The van der Waals surface area contributed by atoms with E-state index in [0.717, 1.165) is 5.39 Å². The normalized spacial score (nSPS) is 15.1. The number of benzene rings is 2. The number of hydrogen-bond acceptors (Lipinski definition) is 5. The third-order valence-corrected chi connectivity index (χ3v) is 7.08. The first kappa shape index (κ1) is 21.2. The molecule has 1 aliphatic rings. The molecule has 0 aliphatic carbocycles. The van der Waals surface area contributed by atoms with E-state index in [1.54, 1.807) is 42.5 Å². The maximum atomic E-state index is 12.8. The summed E-state index contributed by atoms with van der Waals surface area (Å²) >= 11 is 0. The molecule has 0 saturated carbocycles. The monoisotopic (exact) mass is 441 g/mol. The van der Waals surface area contributed by atoms with Crippen molar-refractivity contribution in [2.75, 3.05) is 26.3 Å². The van der Waals surface area contributed by atoms with Gasteiger partial charge in [-0.15, -0.1) is 0 Å². The summed E-state index contributed by atoms with van der Waals surface area (Å²) in [6.45, 7) is 1.56. The molecule has 1 fully saturated rings. The molecule has 9 heteroatoms. The van der Waals surface area contributed by atoms with Crippen molar-refractivity contribution < 1.29 is 17.9 Å². The van der Waals surface area contributed by atoms with Crippen LogP contribution in [0, 0.1) is 0 Å². The fourth-order valence-corrected chi connectivity index (χ4v) is 5.13. The Morgan fingerprint density at radius 2 is 1.71 bits per heavy atom. The summed E-state index contributed by atoms with van der Waals surface area (Å²) in [7, 11) is -3.50. The van der Waals surface area contributed by atoms with Crippen LogP contribution in [0.4, 0.5) is 0 Å². The maximum Gasteiger partial charge on any atom is 0.261 e. The number of morpholine rings is 1. The summed E-state index contributed by atoms with van der Waals surface area (Å²) < 4.78 is 32.2. The number of carbonyl (C=O) groups is 1. The Morgan fingerprint density at radius 3 is 2.48 bits per heavy atom. The maximum absolute atomic E-state index is 12.8. The number of amides is 1. The second kappa shape index (κ2) is 9.01. The van der Waals surface area contributed by atoms with Crippen molar-refractivity contribution >= 4 is 26.8 Å². The molecule has 1 aliphatic heterocycles. The van der Waals surface area contributed by atoms with Crippen LogP contribution >= 0.6 is 0 Å². The van der Waals surface area contributed by atoms with Crippen LogP contribution in [-0.2, 0) is 27.1 Å². The van der Waals surface area contributed by atoms with Gasteiger partial charge in [-0.05, 0) is 28.6 Å². The molecule has 162 valence electrons. The van der Waals surface area contributed by atoms with E-state index in [1.807, 2.05) is 12.1 Å². The van der Waals surface area contributed by atoms with Crippen LogP contribution in [0.1, 0.15) is 21.5 Å². The van der Waals surface area contributed by atoms with Crippen LogP contribution in [0.15, 0.2) is 59.4 Å². The van der Waals surface area contributed by atoms with Gasteiger partial charge in [0.05, 0.1) is 19.0 Å². The predicted octanol–water partition coefficient (Wildman–Crippen LogP) is 1.62. The number of hydrogen-bond donors (Lipinski definition) is 2. The van der Waals surface area contributed by atoms with Crippen molar-refractivity contribution in [1.82, 2.24) is 14.6 Å². The van der Waals surface area contributed by atoms with E-state index < -0.39 is 21.5 Å². The summed E-state index contributed by atoms with van der Waals surface area (Å²) in [6, 6.07) is 15.8. The predicted molar refractivity (Wildman–Crippen MR) is 117 cm³/mol. The number of nitrogens with zero attached hydrogens (tertiary/aromatic N) is 1. The average Bonchev–Trinajstić information content (AvgIpc) is 2.78. The summed E-state index contributed by atoms with van der Waals surface area (Å²) in [5.74, 6) is -0.673. The molecular formula is C22H23N3O5S. The number of ether oxygens (including phenoxy) is 1. The molecule has 8 nitrogen and oxygen atoms in total. The number of aromatic nitrogens is 1. The Balaban J connectivity index is 1.50. The lowest BCUT2D eigenvalue weighted by Crippen LogP contribution is -2.41. The summed E-state index contributed by atoms with van der Waals surface area (Å²) in [5, 5.41) is 3.49. The molecule has 4 rings (SSSR count). The average molecular weight is 442 g/mol. The van der Waals surface area contributed by atoms with Gasteiger partial charge < -0.3 is 15.0 Å². The van der Waals surface area contributed by atoms with Gasteiger partial charge in [-0.3, -0.25) is 9.59 Å². The van der Waals surface area contributed by atoms with Gasteiger partial charge in [-0.2, -0.15) is 4.31 Å². The number of nitrogens with one attached hydrogen (secondary N) is 2. The zero-order valence-corrected chi connectivity index (χ0v) is 17.7. The number of fused-ring (bicyclic) bond motifs is 1. The highest BCUT2D eigenvalue weighted by Gasteiger charge is 2.25. The first-order valence-corrected chi connectivity index (χ1v) is 11.6. The quantitative estimate of drug-likeness (QED) is 0.604. The van der Waals surface area contributed by atoms with E-state index in [1.165, 1.54) is 4.31 Å². The fourth-order valence-electron chi connectivity index (χ4n) is 3.57. The van der Waals surface area contributed by atoms with Crippen LogP contribution in [-0.4, -0.2) is 49.9 Å². The molecule has 0 spiro atoms. The van der Waals surface area contributed by atoms with Crippen molar-refractivity contribution in [2.24, 2.45) is 0 Å². The summed E-state index contributed by atoms with van der Waals surface area (Å²) in [5.41, 5.74) is 1.49. The Kier molecular flexibility index (Phi) is 6.17. The third kappa shape index (κ3) is 4.84. The molecule has 0 radical (unpaired) electrons.